The van der Waals surface area contributed by atoms with Gasteiger partial charge in [-0.15, -0.1) is 0 Å². The number of carbonyl (C=O) groups excluding carboxylic acids is 1. The van der Waals surface area contributed by atoms with Crippen molar-refractivity contribution in [1.82, 2.24) is 4.98 Å². The molecule has 3 rings (SSSR count). The summed E-state index contributed by atoms with van der Waals surface area (Å²) in [5.41, 5.74) is 1.36. The summed E-state index contributed by atoms with van der Waals surface area (Å²) in [5, 5.41) is 3.49. The highest BCUT2D eigenvalue weighted by atomic mass is 16.5. The predicted molar refractivity (Wildman–Crippen MR) is 111 cm³/mol. The second kappa shape index (κ2) is 9.64. The molecule has 0 spiro atoms. The molecule has 1 amide bonds. The van der Waals surface area contributed by atoms with E-state index in [1.54, 1.807) is 56.8 Å². The topological polar surface area (TPSA) is 78.9 Å². The monoisotopic (exact) mass is 396 g/mol. The lowest BCUT2D eigenvalue weighted by Gasteiger charge is -2.12. The number of fused-ring (bicyclic) bond motifs is 1. The molecule has 29 heavy (non-hydrogen) atoms. The molecular weight excluding hydrogens is 372 g/mol. The zero-order valence-electron chi connectivity index (χ0n) is 16.7. The lowest BCUT2D eigenvalue weighted by Crippen LogP contribution is -2.14. The zero-order chi connectivity index (χ0) is 20.6. The van der Waals surface area contributed by atoms with E-state index in [-0.39, 0.29) is 0 Å². The number of hydrogen-bond acceptors (Lipinski definition) is 6. The molecule has 1 aromatic heterocycles. The molecule has 0 unspecified atom stereocenters. The number of pyridine rings is 1. The Morgan fingerprint density at radius 1 is 1.00 bits per heavy atom. The Hall–Kier alpha value is -3.48. The Balaban J connectivity index is 1.74. The van der Waals surface area contributed by atoms with Crippen LogP contribution in [-0.4, -0.2) is 31.9 Å². The lowest BCUT2D eigenvalue weighted by atomic mass is 10.2. The highest BCUT2D eigenvalue weighted by Crippen LogP contribution is 2.36. The number of benzene rings is 2. The van der Waals surface area contributed by atoms with Gasteiger partial charge in [0.1, 0.15) is 11.5 Å². The van der Waals surface area contributed by atoms with Crippen LogP contribution in [0.15, 0.2) is 48.7 Å². The molecule has 0 radical (unpaired) electrons. The van der Waals surface area contributed by atoms with E-state index < -0.39 is 6.09 Å². The van der Waals surface area contributed by atoms with Crippen molar-refractivity contribution >= 4 is 22.7 Å². The lowest BCUT2D eigenvalue weighted by molar-refractivity contribution is 0.160. The largest absolute Gasteiger partial charge is 0.493 e. The van der Waals surface area contributed by atoms with Crippen LogP contribution in [0.5, 0.6) is 23.0 Å². The molecule has 0 bridgehead atoms. The summed E-state index contributed by atoms with van der Waals surface area (Å²) in [7, 11) is 3.17. The number of hydrogen-bond donors (Lipinski definition) is 1. The molecule has 152 valence electrons. The summed E-state index contributed by atoms with van der Waals surface area (Å²) in [6, 6.07) is 12.5. The standard InChI is InChI=1S/C22H24N2O5/c1-4-5-12-28-22(25)24-15-6-8-16(9-7-15)29-19-10-11-23-18-14-21(27-3)20(26-2)13-17(18)19/h6-11,13-14H,4-5,12H2,1-3H3,(H,24,25). The molecule has 0 aliphatic carbocycles. The number of anilines is 1. The smallest absolute Gasteiger partial charge is 0.411 e. The Morgan fingerprint density at radius 3 is 2.41 bits per heavy atom. The minimum atomic E-state index is -0.465. The van der Waals surface area contributed by atoms with Gasteiger partial charge in [-0.3, -0.25) is 10.3 Å². The first kappa shape index (κ1) is 20.3. The van der Waals surface area contributed by atoms with Gasteiger partial charge >= 0.3 is 6.09 Å². The van der Waals surface area contributed by atoms with Crippen LogP contribution in [0.4, 0.5) is 10.5 Å². The third kappa shape index (κ3) is 5.07. The molecule has 0 aliphatic heterocycles. The quantitative estimate of drug-likeness (QED) is 0.514. The van der Waals surface area contributed by atoms with E-state index in [0.717, 1.165) is 23.7 Å². The summed E-state index contributed by atoms with van der Waals surface area (Å²) in [6.07, 6.45) is 3.03. The summed E-state index contributed by atoms with van der Waals surface area (Å²) >= 11 is 0. The number of ether oxygens (including phenoxy) is 4. The first-order valence-electron chi connectivity index (χ1n) is 9.37. The number of rotatable bonds is 8. The van der Waals surface area contributed by atoms with Gasteiger partial charge in [-0.05, 0) is 42.8 Å². The van der Waals surface area contributed by atoms with Gasteiger partial charge < -0.3 is 18.9 Å². The van der Waals surface area contributed by atoms with E-state index in [4.69, 9.17) is 18.9 Å². The van der Waals surface area contributed by atoms with Gasteiger partial charge in [-0.2, -0.15) is 0 Å². The van der Waals surface area contributed by atoms with Crippen LogP contribution < -0.4 is 19.5 Å². The maximum Gasteiger partial charge on any atom is 0.411 e. The third-order valence-corrected chi connectivity index (χ3v) is 4.27. The first-order valence-corrected chi connectivity index (χ1v) is 9.37. The van der Waals surface area contributed by atoms with Gasteiger partial charge in [0.25, 0.3) is 0 Å². The van der Waals surface area contributed by atoms with E-state index in [1.807, 2.05) is 13.0 Å². The number of amides is 1. The Labute approximate surface area is 169 Å². The molecule has 0 fully saturated rings. The van der Waals surface area contributed by atoms with Crippen LogP contribution in [0.1, 0.15) is 19.8 Å². The van der Waals surface area contributed by atoms with Gasteiger partial charge in [0, 0.05) is 23.3 Å². The Morgan fingerprint density at radius 2 is 1.72 bits per heavy atom. The molecular formula is C22H24N2O5. The number of nitrogens with zero attached hydrogens (tertiary/aromatic N) is 1. The van der Waals surface area contributed by atoms with Gasteiger partial charge in [-0.25, -0.2) is 4.79 Å². The minimum absolute atomic E-state index is 0.410. The van der Waals surface area contributed by atoms with Gasteiger partial charge in [0.15, 0.2) is 11.5 Å². The summed E-state index contributed by atoms with van der Waals surface area (Å²) < 4.78 is 21.8. The third-order valence-electron chi connectivity index (χ3n) is 4.27. The van der Waals surface area contributed by atoms with E-state index >= 15 is 0 Å². The fourth-order valence-corrected chi connectivity index (χ4v) is 2.73. The fourth-order valence-electron chi connectivity index (χ4n) is 2.73. The van der Waals surface area contributed by atoms with Crippen LogP contribution in [-0.2, 0) is 4.74 Å². The van der Waals surface area contributed by atoms with Crippen molar-refractivity contribution in [1.29, 1.82) is 0 Å². The van der Waals surface area contributed by atoms with Crippen LogP contribution >= 0.6 is 0 Å². The second-order valence-electron chi connectivity index (χ2n) is 6.27. The van der Waals surface area contributed by atoms with E-state index in [0.29, 0.717) is 35.3 Å². The molecule has 7 heteroatoms. The number of methoxy groups -OCH3 is 2. The summed E-state index contributed by atoms with van der Waals surface area (Å²) in [6.45, 7) is 2.45. The van der Waals surface area contributed by atoms with Crippen LogP contribution in [0.3, 0.4) is 0 Å². The summed E-state index contributed by atoms with van der Waals surface area (Å²) in [4.78, 5) is 16.1. The fraction of sp³-hybridized carbons (Fsp3) is 0.273. The van der Waals surface area contributed by atoms with Crippen LogP contribution in [0, 0.1) is 0 Å². The number of nitrogens with one attached hydrogen (secondary N) is 1. The molecule has 0 atom stereocenters. The average molecular weight is 396 g/mol. The van der Waals surface area contributed by atoms with E-state index in [9.17, 15) is 4.79 Å². The highest BCUT2D eigenvalue weighted by Gasteiger charge is 2.11. The van der Waals surface area contributed by atoms with Crippen molar-refractivity contribution in [2.75, 3.05) is 26.1 Å². The van der Waals surface area contributed by atoms with Gasteiger partial charge in [0.2, 0.25) is 0 Å². The first-order chi connectivity index (χ1) is 14.1. The second-order valence-corrected chi connectivity index (χ2v) is 6.27. The zero-order valence-corrected chi connectivity index (χ0v) is 16.7. The number of aromatic nitrogens is 1. The van der Waals surface area contributed by atoms with Crippen molar-refractivity contribution < 1.29 is 23.7 Å². The van der Waals surface area contributed by atoms with Crippen molar-refractivity contribution in [2.45, 2.75) is 19.8 Å². The maximum atomic E-state index is 11.7. The number of unbranched alkanes of at least 4 members (excludes halogenated alkanes) is 1. The normalized spacial score (nSPS) is 10.4. The molecule has 0 saturated carbocycles. The van der Waals surface area contributed by atoms with Crippen molar-refractivity contribution in [3.05, 3.63) is 48.7 Å². The Bertz CT molecular complexity index is 973. The Kier molecular flexibility index (Phi) is 6.73. The molecule has 1 N–H and O–H groups in total. The maximum absolute atomic E-state index is 11.7. The molecule has 0 saturated heterocycles. The van der Waals surface area contributed by atoms with E-state index in [1.165, 1.54) is 0 Å². The van der Waals surface area contributed by atoms with Crippen molar-refractivity contribution in [3.8, 4) is 23.0 Å². The van der Waals surface area contributed by atoms with E-state index in [2.05, 4.69) is 10.3 Å². The van der Waals surface area contributed by atoms with Gasteiger partial charge in [0.05, 0.1) is 26.3 Å². The molecule has 1 heterocycles. The van der Waals surface area contributed by atoms with Crippen LogP contribution in [0.25, 0.3) is 10.9 Å². The van der Waals surface area contributed by atoms with Gasteiger partial charge in [-0.1, -0.05) is 13.3 Å². The predicted octanol–water partition coefficient (Wildman–Crippen LogP) is 5.39. The molecule has 2 aromatic carbocycles. The minimum Gasteiger partial charge on any atom is -0.493 e. The average Bonchev–Trinajstić information content (AvgIpc) is 2.74. The molecule has 7 nitrogen and oxygen atoms in total. The van der Waals surface area contributed by atoms with Crippen LogP contribution in [0.2, 0.25) is 0 Å². The van der Waals surface area contributed by atoms with Crippen molar-refractivity contribution in [3.63, 3.8) is 0 Å². The summed E-state index contributed by atoms with van der Waals surface area (Å²) in [5.74, 6) is 2.46. The number of carbonyl (C=O) groups is 1. The SMILES string of the molecule is CCCCOC(=O)Nc1ccc(Oc2ccnc3cc(OC)c(OC)cc23)cc1. The molecule has 0 aliphatic rings. The highest BCUT2D eigenvalue weighted by molar-refractivity contribution is 5.88. The van der Waals surface area contributed by atoms with Crippen molar-refractivity contribution in [2.24, 2.45) is 0 Å². The molecule has 3 aromatic rings.